The number of carbonyl (C=O) groups is 1. The zero-order valence-corrected chi connectivity index (χ0v) is 15.1. The Labute approximate surface area is 152 Å². The highest BCUT2D eigenvalue weighted by Gasteiger charge is 2.23. The normalized spacial score (nSPS) is 15.4. The SMILES string of the molecule is Cn1nc(CC(=O)N2CCC(Cc3cccc(Cl)c3)CC2)ccc1=O. The van der Waals surface area contributed by atoms with E-state index in [0.29, 0.717) is 11.6 Å². The molecule has 0 spiro atoms. The van der Waals surface area contributed by atoms with Gasteiger partial charge >= 0.3 is 0 Å². The number of carbonyl (C=O) groups excluding carboxylic acids is 1. The Hall–Kier alpha value is -2.14. The monoisotopic (exact) mass is 359 g/mol. The molecule has 25 heavy (non-hydrogen) atoms. The van der Waals surface area contributed by atoms with Crippen LogP contribution in [0.5, 0.6) is 0 Å². The minimum absolute atomic E-state index is 0.0763. The van der Waals surface area contributed by atoms with Crippen LogP contribution >= 0.6 is 11.6 Å². The van der Waals surface area contributed by atoms with E-state index in [9.17, 15) is 9.59 Å². The van der Waals surface area contributed by atoms with Crippen molar-refractivity contribution < 1.29 is 4.79 Å². The molecule has 0 unspecified atom stereocenters. The lowest BCUT2D eigenvalue weighted by molar-refractivity contribution is -0.131. The summed E-state index contributed by atoms with van der Waals surface area (Å²) in [6.45, 7) is 1.55. The highest BCUT2D eigenvalue weighted by molar-refractivity contribution is 6.30. The van der Waals surface area contributed by atoms with Crippen molar-refractivity contribution in [2.45, 2.75) is 25.7 Å². The predicted octanol–water partition coefficient (Wildman–Crippen LogP) is 2.46. The second kappa shape index (κ2) is 7.83. The number of benzene rings is 1. The van der Waals surface area contributed by atoms with Crippen LogP contribution in [0.1, 0.15) is 24.1 Å². The quantitative estimate of drug-likeness (QED) is 0.842. The van der Waals surface area contributed by atoms with Gasteiger partial charge in [-0.15, -0.1) is 0 Å². The topological polar surface area (TPSA) is 55.2 Å². The molecule has 0 radical (unpaired) electrons. The van der Waals surface area contributed by atoms with Crippen molar-refractivity contribution in [2.75, 3.05) is 13.1 Å². The lowest BCUT2D eigenvalue weighted by Gasteiger charge is -2.32. The summed E-state index contributed by atoms with van der Waals surface area (Å²) >= 11 is 6.05. The van der Waals surface area contributed by atoms with Crippen molar-refractivity contribution in [3.05, 3.63) is 63.0 Å². The summed E-state index contributed by atoms with van der Waals surface area (Å²) in [5.41, 5.74) is 1.72. The summed E-state index contributed by atoms with van der Waals surface area (Å²) in [6, 6.07) is 11.1. The van der Waals surface area contributed by atoms with Gasteiger partial charge in [0.25, 0.3) is 5.56 Å². The molecule has 0 atom stereocenters. The molecule has 5 nitrogen and oxygen atoms in total. The minimum atomic E-state index is -0.168. The number of rotatable bonds is 4. The minimum Gasteiger partial charge on any atom is -0.342 e. The summed E-state index contributed by atoms with van der Waals surface area (Å²) in [5, 5.41) is 4.90. The zero-order chi connectivity index (χ0) is 17.8. The lowest BCUT2D eigenvalue weighted by atomic mass is 9.90. The average Bonchev–Trinajstić information content (AvgIpc) is 2.59. The number of aromatic nitrogens is 2. The van der Waals surface area contributed by atoms with Gasteiger partial charge in [-0.2, -0.15) is 5.10 Å². The Morgan fingerprint density at radius 1 is 1.24 bits per heavy atom. The zero-order valence-electron chi connectivity index (χ0n) is 14.3. The highest BCUT2D eigenvalue weighted by Crippen LogP contribution is 2.23. The summed E-state index contributed by atoms with van der Waals surface area (Å²) < 4.78 is 1.26. The molecule has 2 heterocycles. The number of nitrogens with zero attached hydrogens (tertiary/aromatic N) is 3. The molecule has 0 bridgehead atoms. The standard InChI is InChI=1S/C19H22ClN3O2/c1-22-18(24)6-5-17(21-22)13-19(25)23-9-7-14(8-10-23)11-15-3-2-4-16(20)12-15/h2-6,12,14H,7-11,13H2,1H3. The highest BCUT2D eigenvalue weighted by atomic mass is 35.5. The van der Waals surface area contributed by atoms with Gasteiger partial charge in [0.15, 0.2) is 0 Å². The van der Waals surface area contributed by atoms with Crippen LogP contribution in [-0.2, 0) is 24.7 Å². The van der Waals surface area contributed by atoms with Crippen LogP contribution < -0.4 is 5.56 Å². The summed E-state index contributed by atoms with van der Waals surface area (Å²) in [6.07, 6.45) is 3.25. The first kappa shape index (κ1) is 17.7. The molecule has 6 heteroatoms. The fourth-order valence-corrected chi connectivity index (χ4v) is 3.51. The van der Waals surface area contributed by atoms with Gasteiger partial charge in [0.2, 0.25) is 5.91 Å². The molecule has 1 aromatic heterocycles. The molecule has 1 aliphatic heterocycles. The molecule has 1 amide bonds. The smallest absolute Gasteiger partial charge is 0.266 e. The van der Waals surface area contributed by atoms with E-state index >= 15 is 0 Å². The van der Waals surface area contributed by atoms with Crippen molar-refractivity contribution in [2.24, 2.45) is 13.0 Å². The Balaban J connectivity index is 1.52. The maximum atomic E-state index is 12.5. The van der Waals surface area contributed by atoms with Gasteiger partial charge in [-0.25, -0.2) is 4.68 Å². The number of piperidine rings is 1. The molecule has 132 valence electrons. The largest absolute Gasteiger partial charge is 0.342 e. The number of halogens is 1. The molecule has 3 rings (SSSR count). The molecule has 1 saturated heterocycles. The van der Waals surface area contributed by atoms with E-state index in [4.69, 9.17) is 11.6 Å². The second-order valence-corrected chi connectivity index (χ2v) is 7.06. The summed E-state index contributed by atoms with van der Waals surface area (Å²) in [4.78, 5) is 25.7. The third-order valence-corrected chi connectivity index (χ3v) is 4.96. The number of hydrogen-bond acceptors (Lipinski definition) is 3. The van der Waals surface area contributed by atoms with Gasteiger partial charge in [-0.1, -0.05) is 23.7 Å². The molecular formula is C19H22ClN3O2. The Morgan fingerprint density at radius 2 is 2.00 bits per heavy atom. The second-order valence-electron chi connectivity index (χ2n) is 6.62. The summed E-state index contributed by atoms with van der Waals surface area (Å²) in [5.74, 6) is 0.658. The lowest BCUT2D eigenvalue weighted by Crippen LogP contribution is -2.40. The van der Waals surface area contributed by atoms with E-state index in [2.05, 4.69) is 11.2 Å². The molecular weight excluding hydrogens is 338 g/mol. The van der Waals surface area contributed by atoms with Crippen molar-refractivity contribution in [3.63, 3.8) is 0 Å². The maximum Gasteiger partial charge on any atom is 0.266 e. The van der Waals surface area contributed by atoms with Gasteiger partial charge in [-0.3, -0.25) is 9.59 Å². The number of amides is 1. The van der Waals surface area contributed by atoms with Crippen molar-refractivity contribution in [1.29, 1.82) is 0 Å². The third-order valence-electron chi connectivity index (χ3n) is 4.73. The van der Waals surface area contributed by atoms with Crippen LogP contribution in [-0.4, -0.2) is 33.7 Å². The van der Waals surface area contributed by atoms with E-state index in [1.165, 1.54) is 16.3 Å². The van der Waals surface area contributed by atoms with Crippen molar-refractivity contribution in [3.8, 4) is 0 Å². The average molecular weight is 360 g/mol. The van der Waals surface area contributed by atoms with Crippen LogP contribution in [0.2, 0.25) is 5.02 Å². The molecule has 1 aliphatic rings. The predicted molar refractivity (Wildman–Crippen MR) is 97.6 cm³/mol. The fourth-order valence-electron chi connectivity index (χ4n) is 3.30. The number of likely N-dealkylation sites (tertiary alicyclic amines) is 1. The molecule has 0 N–H and O–H groups in total. The Morgan fingerprint density at radius 3 is 2.68 bits per heavy atom. The number of aryl methyl sites for hydroxylation is 1. The molecule has 0 saturated carbocycles. The maximum absolute atomic E-state index is 12.5. The van der Waals surface area contributed by atoms with Gasteiger partial charge in [0, 0.05) is 31.2 Å². The first-order valence-electron chi connectivity index (χ1n) is 8.57. The van der Waals surface area contributed by atoms with E-state index in [1.54, 1.807) is 13.1 Å². The van der Waals surface area contributed by atoms with Crippen molar-refractivity contribution >= 4 is 17.5 Å². The van der Waals surface area contributed by atoms with E-state index in [-0.39, 0.29) is 17.9 Å². The fraction of sp³-hybridized carbons (Fsp3) is 0.421. The molecule has 0 aliphatic carbocycles. The molecule has 2 aromatic rings. The van der Waals surface area contributed by atoms with E-state index in [1.807, 2.05) is 23.1 Å². The molecule has 1 fully saturated rings. The summed E-state index contributed by atoms with van der Waals surface area (Å²) in [7, 11) is 1.59. The van der Waals surface area contributed by atoms with Crippen LogP contribution in [0.25, 0.3) is 0 Å². The van der Waals surface area contributed by atoms with Gasteiger partial charge in [0.05, 0.1) is 12.1 Å². The third kappa shape index (κ3) is 4.69. The van der Waals surface area contributed by atoms with E-state index in [0.717, 1.165) is 37.4 Å². The van der Waals surface area contributed by atoms with Gasteiger partial charge < -0.3 is 4.90 Å². The Kier molecular flexibility index (Phi) is 5.53. The first-order chi connectivity index (χ1) is 12.0. The Bertz CT molecular complexity index is 810. The van der Waals surface area contributed by atoms with Crippen LogP contribution in [0.4, 0.5) is 0 Å². The van der Waals surface area contributed by atoms with Crippen LogP contribution in [0.3, 0.4) is 0 Å². The van der Waals surface area contributed by atoms with Gasteiger partial charge in [0.1, 0.15) is 0 Å². The number of hydrogen-bond donors (Lipinski definition) is 0. The van der Waals surface area contributed by atoms with Crippen LogP contribution in [0.15, 0.2) is 41.2 Å². The van der Waals surface area contributed by atoms with Gasteiger partial charge in [-0.05, 0) is 48.9 Å². The van der Waals surface area contributed by atoms with Crippen molar-refractivity contribution in [1.82, 2.24) is 14.7 Å². The van der Waals surface area contributed by atoms with E-state index < -0.39 is 0 Å². The van der Waals surface area contributed by atoms with Crippen LogP contribution in [0, 0.1) is 5.92 Å². The molecule has 1 aromatic carbocycles. The first-order valence-corrected chi connectivity index (χ1v) is 8.94.